The number of rotatable bonds is 5. The minimum atomic E-state index is -0.347. The van der Waals surface area contributed by atoms with E-state index in [9.17, 15) is 4.79 Å². The van der Waals surface area contributed by atoms with E-state index in [0.717, 1.165) is 25.0 Å². The fraction of sp³-hybridized carbons (Fsp3) is 0.692. The van der Waals surface area contributed by atoms with Crippen LogP contribution in [0.4, 0.5) is 0 Å². The fourth-order valence-electron chi connectivity index (χ4n) is 2.43. The third-order valence-corrected chi connectivity index (χ3v) is 3.47. The number of carbonyl (C=O) groups is 1. The lowest BCUT2D eigenvalue weighted by atomic mass is 10.1. The number of hydrogen-bond acceptors (Lipinski definition) is 4. The largest absolute Gasteiger partial charge is 0.376 e. The summed E-state index contributed by atoms with van der Waals surface area (Å²) in [5, 5.41) is 7.16. The summed E-state index contributed by atoms with van der Waals surface area (Å²) in [6.45, 7) is 1.46. The topological polar surface area (TPSA) is 59.4 Å². The van der Waals surface area contributed by atoms with Crippen LogP contribution in [0.15, 0.2) is 12.4 Å². The molecule has 0 aliphatic carbocycles. The molecule has 0 radical (unpaired) electrons. The van der Waals surface area contributed by atoms with E-state index in [2.05, 4.69) is 10.4 Å². The first-order valence-electron chi connectivity index (χ1n) is 6.64. The van der Waals surface area contributed by atoms with Crippen LogP contribution in [0.5, 0.6) is 0 Å². The molecular weight excluding hydrogens is 280 g/mol. The molecule has 1 aromatic rings. The Kier molecular flexibility index (Phi) is 6.45. The van der Waals surface area contributed by atoms with Gasteiger partial charge in [0, 0.05) is 39.0 Å². The predicted molar refractivity (Wildman–Crippen MR) is 78.9 cm³/mol. The van der Waals surface area contributed by atoms with E-state index in [1.807, 2.05) is 20.3 Å². The van der Waals surface area contributed by atoms with E-state index < -0.39 is 0 Å². The van der Waals surface area contributed by atoms with Crippen LogP contribution in [-0.2, 0) is 16.6 Å². The highest BCUT2D eigenvalue weighted by atomic mass is 35.5. The Morgan fingerprint density at radius 3 is 2.95 bits per heavy atom. The second-order valence-electron chi connectivity index (χ2n) is 5.02. The Balaban J connectivity index is 0.00000200. The van der Waals surface area contributed by atoms with Crippen molar-refractivity contribution < 1.29 is 9.53 Å². The summed E-state index contributed by atoms with van der Waals surface area (Å²) in [4.78, 5) is 14.2. The highest BCUT2D eigenvalue weighted by Crippen LogP contribution is 2.17. The maximum atomic E-state index is 12.4. The van der Waals surface area contributed by atoms with Crippen molar-refractivity contribution in [3.8, 4) is 0 Å². The molecule has 2 atom stereocenters. The van der Waals surface area contributed by atoms with Gasteiger partial charge in [-0.05, 0) is 19.9 Å². The molecule has 0 bridgehead atoms. The van der Waals surface area contributed by atoms with E-state index >= 15 is 0 Å². The molecule has 1 saturated heterocycles. The lowest BCUT2D eigenvalue weighted by Crippen LogP contribution is -2.40. The van der Waals surface area contributed by atoms with Crippen molar-refractivity contribution in [1.82, 2.24) is 20.0 Å². The molecule has 1 fully saturated rings. The third kappa shape index (κ3) is 3.94. The van der Waals surface area contributed by atoms with Gasteiger partial charge in [0.1, 0.15) is 6.04 Å². The average molecular weight is 303 g/mol. The molecule has 1 amide bonds. The maximum Gasteiger partial charge on any atom is 0.244 e. The quantitative estimate of drug-likeness (QED) is 0.871. The molecule has 1 aliphatic rings. The lowest BCUT2D eigenvalue weighted by Gasteiger charge is -2.25. The number of nitrogens with one attached hydrogen (secondary N) is 1. The first-order chi connectivity index (χ1) is 9.11. The molecule has 0 aromatic carbocycles. The molecular formula is C13H23ClN4O2. The SMILES string of the molecule is CNC(C(=O)N(C)CC1CCCO1)c1cnn(C)c1.Cl. The molecule has 7 heteroatoms. The Labute approximate surface area is 125 Å². The van der Waals surface area contributed by atoms with Gasteiger partial charge in [0.2, 0.25) is 5.91 Å². The maximum absolute atomic E-state index is 12.4. The second kappa shape index (κ2) is 7.61. The van der Waals surface area contributed by atoms with E-state index in [1.54, 1.807) is 22.8 Å². The van der Waals surface area contributed by atoms with Crippen molar-refractivity contribution in [3.63, 3.8) is 0 Å². The summed E-state index contributed by atoms with van der Waals surface area (Å²) in [6.07, 6.45) is 5.89. The molecule has 6 nitrogen and oxygen atoms in total. The highest BCUT2D eigenvalue weighted by molar-refractivity contribution is 5.85. The molecule has 2 rings (SSSR count). The smallest absolute Gasteiger partial charge is 0.244 e. The van der Waals surface area contributed by atoms with Crippen LogP contribution in [0.25, 0.3) is 0 Å². The number of ether oxygens (including phenoxy) is 1. The summed E-state index contributed by atoms with van der Waals surface area (Å²) in [7, 11) is 5.46. The Morgan fingerprint density at radius 2 is 2.45 bits per heavy atom. The van der Waals surface area contributed by atoms with Gasteiger partial charge in [-0.1, -0.05) is 0 Å². The number of nitrogens with zero attached hydrogens (tertiary/aromatic N) is 3. The second-order valence-corrected chi connectivity index (χ2v) is 5.02. The van der Waals surface area contributed by atoms with Crippen LogP contribution in [0.3, 0.4) is 0 Å². The number of hydrogen-bond donors (Lipinski definition) is 1. The summed E-state index contributed by atoms with van der Waals surface area (Å²) in [5.41, 5.74) is 0.884. The lowest BCUT2D eigenvalue weighted by molar-refractivity contribution is -0.133. The van der Waals surface area contributed by atoms with Crippen LogP contribution < -0.4 is 5.32 Å². The van der Waals surface area contributed by atoms with Gasteiger partial charge in [0.05, 0.1) is 12.3 Å². The Bertz CT molecular complexity index is 432. The standard InChI is InChI=1S/C13H22N4O2.ClH/c1-14-12(10-7-15-17(3)8-10)13(18)16(2)9-11-5-4-6-19-11;/h7-8,11-12,14H,4-6,9H2,1-3H3;1H. The van der Waals surface area contributed by atoms with Crippen molar-refractivity contribution in [1.29, 1.82) is 0 Å². The molecule has 1 N–H and O–H groups in total. The minimum Gasteiger partial charge on any atom is -0.376 e. The number of halogens is 1. The zero-order chi connectivity index (χ0) is 13.8. The summed E-state index contributed by atoms with van der Waals surface area (Å²) in [6, 6.07) is -0.347. The Hall–Kier alpha value is -1.11. The van der Waals surface area contributed by atoms with E-state index in [1.165, 1.54) is 0 Å². The molecule has 114 valence electrons. The third-order valence-electron chi connectivity index (χ3n) is 3.47. The van der Waals surface area contributed by atoms with Gasteiger partial charge in [-0.2, -0.15) is 5.10 Å². The molecule has 0 saturated carbocycles. The van der Waals surface area contributed by atoms with Gasteiger partial charge in [-0.25, -0.2) is 0 Å². The van der Waals surface area contributed by atoms with Crippen molar-refractivity contribution in [2.45, 2.75) is 25.0 Å². The van der Waals surface area contributed by atoms with Crippen molar-refractivity contribution >= 4 is 18.3 Å². The van der Waals surface area contributed by atoms with Crippen LogP contribution in [-0.4, -0.2) is 53.9 Å². The van der Waals surface area contributed by atoms with Crippen molar-refractivity contribution in [3.05, 3.63) is 18.0 Å². The van der Waals surface area contributed by atoms with Gasteiger partial charge < -0.3 is 15.0 Å². The molecule has 1 aromatic heterocycles. The first-order valence-corrected chi connectivity index (χ1v) is 6.64. The number of amides is 1. The summed E-state index contributed by atoms with van der Waals surface area (Å²) >= 11 is 0. The average Bonchev–Trinajstić information content (AvgIpc) is 3.02. The summed E-state index contributed by atoms with van der Waals surface area (Å²) in [5.74, 6) is 0.0472. The van der Waals surface area contributed by atoms with Gasteiger partial charge >= 0.3 is 0 Å². The fourth-order valence-corrected chi connectivity index (χ4v) is 2.43. The van der Waals surface area contributed by atoms with E-state index in [0.29, 0.717) is 6.54 Å². The summed E-state index contributed by atoms with van der Waals surface area (Å²) < 4.78 is 7.27. The van der Waals surface area contributed by atoms with Crippen LogP contribution in [0, 0.1) is 0 Å². The Morgan fingerprint density at radius 1 is 1.70 bits per heavy atom. The number of likely N-dealkylation sites (N-methyl/N-ethyl adjacent to an activating group) is 2. The molecule has 2 heterocycles. The van der Waals surface area contributed by atoms with Gasteiger partial charge in [-0.3, -0.25) is 9.48 Å². The van der Waals surface area contributed by atoms with Gasteiger partial charge in [-0.15, -0.1) is 12.4 Å². The molecule has 1 aliphatic heterocycles. The van der Waals surface area contributed by atoms with Crippen molar-refractivity contribution in [2.24, 2.45) is 7.05 Å². The zero-order valence-electron chi connectivity index (χ0n) is 12.2. The normalized spacial score (nSPS) is 19.4. The van der Waals surface area contributed by atoms with E-state index in [-0.39, 0.29) is 30.5 Å². The van der Waals surface area contributed by atoms with Gasteiger partial charge in [0.25, 0.3) is 0 Å². The monoisotopic (exact) mass is 302 g/mol. The van der Waals surface area contributed by atoms with Crippen LogP contribution >= 0.6 is 12.4 Å². The molecule has 20 heavy (non-hydrogen) atoms. The molecule has 0 spiro atoms. The number of aryl methyl sites for hydroxylation is 1. The van der Waals surface area contributed by atoms with Crippen LogP contribution in [0.1, 0.15) is 24.4 Å². The van der Waals surface area contributed by atoms with Crippen molar-refractivity contribution in [2.75, 3.05) is 27.2 Å². The first kappa shape index (κ1) is 16.9. The molecule has 2 unspecified atom stereocenters. The van der Waals surface area contributed by atoms with Crippen LogP contribution in [0.2, 0.25) is 0 Å². The van der Waals surface area contributed by atoms with E-state index in [4.69, 9.17) is 4.74 Å². The minimum absolute atomic E-state index is 0. The predicted octanol–water partition coefficient (Wildman–Crippen LogP) is 0.740. The number of carbonyl (C=O) groups excluding carboxylic acids is 1. The highest BCUT2D eigenvalue weighted by Gasteiger charge is 2.26. The number of aromatic nitrogens is 2. The van der Waals surface area contributed by atoms with Gasteiger partial charge in [0.15, 0.2) is 0 Å². The zero-order valence-corrected chi connectivity index (χ0v) is 13.0.